The van der Waals surface area contributed by atoms with Crippen LogP contribution in [0, 0.1) is 0 Å². The highest BCUT2D eigenvalue weighted by Gasteiger charge is 2.14. The Morgan fingerprint density at radius 3 is 2.50 bits per heavy atom. The lowest BCUT2D eigenvalue weighted by atomic mass is 10.1. The number of carbonyl (C=O) groups is 1. The molecule has 2 aromatic rings. The predicted molar refractivity (Wildman–Crippen MR) is 83.9 cm³/mol. The first-order chi connectivity index (χ1) is 10.5. The monoisotopic (exact) mass is 318 g/mol. The van der Waals surface area contributed by atoms with E-state index in [9.17, 15) is 13.2 Å². The summed E-state index contributed by atoms with van der Waals surface area (Å²) in [7, 11) is -3.60. The third-order valence-electron chi connectivity index (χ3n) is 3.15. The molecule has 0 aliphatic rings. The zero-order valence-electron chi connectivity index (χ0n) is 12.3. The number of nitrogens with zero attached hydrogens (tertiary/aromatic N) is 1. The number of aromatic nitrogens is 1. The van der Waals surface area contributed by atoms with Crippen molar-refractivity contribution in [2.75, 3.05) is 0 Å². The van der Waals surface area contributed by atoms with E-state index in [1.165, 1.54) is 12.1 Å². The van der Waals surface area contributed by atoms with Crippen LogP contribution in [0.5, 0.6) is 0 Å². The smallest absolute Gasteiger partial charge is 0.240 e. The highest BCUT2D eigenvalue weighted by atomic mass is 32.2. The van der Waals surface area contributed by atoms with Gasteiger partial charge in [-0.05, 0) is 30.2 Å². The lowest BCUT2D eigenvalue weighted by Crippen LogP contribution is -2.23. The Balaban J connectivity index is 2.08. The van der Waals surface area contributed by atoms with Gasteiger partial charge in [0.15, 0.2) is 5.78 Å². The molecule has 0 radical (unpaired) electrons. The van der Waals surface area contributed by atoms with E-state index >= 15 is 0 Å². The van der Waals surface area contributed by atoms with Crippen LogP contribution in [0.4, 0.5) is 0 Å². The van der Waals surface area contributed by atoms with Crippen molar-refractivity contribution in [3.05, 3.63) is 59.9 Å². The SMILES string of the molecule is CCCC(=O)c1ccc(S(=O)(=O)NCc2cccnc2)cc1. The van der Waals surface area contributed by atoms with E-state index in [0.29, 0.717) is 12.0 Å². The number of Topliss-reactive ketones (excluding diaryl/α,β-unsaturated/α-hetero) is 1. The minimum atomic E-state index is -3.60. The second kappa shape index (κ2) is 7.29. The molecule has 0 aliphatic carbocycles. The molecule has 5 nitrogen and oxygen atoms in total. The van der Waals surface area contributed by atoms with Crippen LogP contribution >= 0.6 is 0 Å². The Labute approximate surface area is 130 Å². The van der Waals surface area contributed by atoms with E-state index < -0.39 is 10.0 Å². The number of ketones is 1. The van der Waals surface area contributed by atoms with Crippen molar-refractivity contribution < 1.29 is 13.2 Å². The van der Waals surface area contributed by atoms with E-state index in [4.69, 9.17) is 0 Å². The van der Waals surface area contributed by atoms with Gasteiger partial charge in [0.1, 0.15) is 0 Å². The number of sulfonamides is 1. The van der Waals surface area contributed by atoms with Crippen LogP contribution in [-0.4, -0.2) is 19.2 Å². The summed E-state index contributed by atoms with van der Waals surface area (Å²) in [6, 6.07) is 9.55. The number of hydrogen-bond donors (Lipinski definition) is 1. The molecule has 1 heterocycles. The maximum atomic E-state index is 12.2. The molecule has 0 fully saturated rings. The van der Waals surface area contributed by atoms with Crippen LogP contribution in [0.2, 0.25) is 0 Å². The third-order valence-corrected chi connectivity index (χ3v) is 4.57. The third kappa shape index (κ3) is 4.22. The van der Waals surface area contributed by atoms with E-state index in [1.807, 2.05) is 6.92 Å². The molecule has 0 spiro atoms. The van der Waals surface area contributed by atoms with Crippen molar-refractivity contribution in [2.24, 2.45) is 0 Å². The molecule has 0 saturated carbocycles. The zero-order valence-corrected chi connectivity index (χ0v) is 13.1. The van der Waals surface area contributed by atoms with Gasteiger partial charge in [-0.25, -0.2) is 13.1 Å². The van der Waals surface area contributed by atoms with Crippen LogP contribution in [0.1, 0.15) is 35.7 Å². The average Bonchev–Trinajstić information content (AvgIpc) is 2.54. The molecule has 0 unspecified atom stereocenters. The van der Waals surface area contributed by atoms with Crippen molar-refractivity contribution in [3.8, 4) is 0 Å². The number of rotatable bonds is 7. The molecule has 1 aromatic heterocycles. The van der Waals surface area contributed by atoms with Gasteiger partial charge < -0.3 is 0 Å². The average molecular weight is 318 g/mol. The van der Waals surface area contributed by atoms with Gasteiger partial charge in [-0.3, -0.25) is 9.78 Å². The van der Waals surface area contributed by atoms with Crippen molar-refractivity contribution in [3.63, 3.8) is 0 Å². The van der Waals surface area contributed by atoms with Gasteiger partial charge in [0.05, 0.1) is 4.90 Å². The number of pyridine rings is 1. The number of nitrogens with one attached hydrogen (secondary N) is 1. The summed E-state index contributed by atoms with van der Waals surface area (Å²) in [6.07, 6.45) is 4.47. The summed E-state index contributed by atoms with van der Waals surface area (Å²) in [6.45, 7) is 2.10. The Bertz CT molecular complexity index is 726. The predicted octanol–water partition coefficient (Wildman–Crippen LogP) is 2.54. The van der Waals surface area contributed by atoms with Crippen LogP contribution in [0.15, 0.2) is 53.7 Å². The van der Waals surface area contributed by atoms with Crippen molar-refractivity contribution in [1.82, 2.24) is 9.71 Å². The Kier molecular flexibility index (Phi) is 5.41. The molecule has 0 aliphatic heterocycles. The molecule has 0 saturated heterocycles. The van der Waals surface area contributed by atoms with Gasteiger partial charge in [-0.15, -0.1) is 0 Å². The van der Waals surface area contributed by atoms with E-state index in [-0.39, 0.29) is 17.2 Å². The van der Waals surface area contributed by atoms with Crippen LogP contribution in [0.3, 0.4) is 0 Å². The molecular formula is C16H18N2O3S. The summed E-state index contributed by atoms with van der Waals surface area (Å²) in [5.74, 6) is 0.0229. The topological polar surface area (TPSA) is 76.1 Å². The maximum absolute atomic E-state index is 12.2. The first-order valence-electron chi connectivity index (χ1n) is 7.05. The summed E-state index contributed by atoms with van der Waals surface area (Å²) < 4.78 is 26.9. The summed E-state index contributed by atoms with van der Waals surface area (Å²) in [5.41, 5.74) is 1.31. The Hall–Kier alpha value is -2.05. The zero-order chi connectivity index (χ0) is 16.0. The second-order valence-corrected chi connectivity index (χ2v) is 6.65. The minimum Gasteiger partial charge on any atom is -0.294 e. The molecule has 0 bridgehead atoms. The fourth-order valence-corrected chi connectivity index (χ4v) is 2.97. The van der Waals surface area contributed by atoms with Crippen LogP contribution in [-0.2, 0) is 16.6 Å². The summed E-state index contributed by atoms with van der Waals surface area (Å²) >= 11 is 0. The normalized spacial score (nSPS) is 11.3. The summed E-state index contributed by atoms with van der Waals surface area (Å²) in [4.78, 5) is 15.8. The minimum absolute atomic E-state index is 0.0229. The Morgan fingerprint density at radius 2 is 1.91 bits per heavy atom. The molecule has 0 amide bonds. The number of benzene rings is 1. The molecule has 116 valence electrons. The van der Waals surface area contributed by atoms with Crippen LogP contribution < -0.4 is 4.72 Å². The van der Waals surface area contributed by atoms with Gasteiger partial charge >= 0.3 is 0 Å². The quantitative estimate of drug-likeness (QED) is 0.796. The van der Waals surface area contributed by atoms with Gasteiger partial charge in [0.25, 0.3) is 0 Å². The van der Waals surface area contributed by atoms with E-state index in [1.54, 1.807) is 36.7 Å². The lowest BCUT2D eigenvalue weighted by molar-refractivity contribution is 0.0981. The first-order valence-corrected chi connectivity index (χ1v) is 8.53. The molecule has 22 heavy (non-hydrogen) atoms. The molecule has 1 aromatic carbocycles. The van der Waals surface area contributed by atoms with Crippen LogP contribution in [0.25, 0.3) is 0 Å². The fraction of sp³-hybridized carbons (Fsp3) is 0.250. The fourth-order valence-electron chi connectivity index (χ4n) is 1.96. The standard InChI is InChI=1S/C16H18N2O3S/c1-2-4-16(19)14-6-8-15(9-7-14)22(20,21)18-12-13-5-3-10-17-11-13/h3,5-11,18H,2,4,12H2,1H3. The first kappa shape index (κ1) is 16.3. The van der Waals surface area contributed by atoms with Crippen molar-refractivity contribution >= 4 is 15.8 Å². The molecule has 0 atom stereocenters. The molecule has 1 N–H and O–H groups in total. The molecular weight excluding hydrogens is 300 g/mol. The van der Waals surface area contributed by atoms with Crippen molar-refractivity contribution in [2.45, 2.75) is 31.2 Å². The van der Waals surface area contributed by atoms with Gasteiger partial charge in [-0.2, -0.15) is 0 Å². The van der Waals surface area contributed by atoms with Gasteiger partial charge in [0, 0.05) is 30.9 Å². The second-order valence-electron chi connectivity index (χ2n) is 4.88. The highest BCUT2D eigenvalue weighted by molar-refractivity contribution is 7.89. The van der Waals surface area contributed by atoms with E-state index in [2.05, 4.69) is 9.71 Å². The molecule has 6 heteroatoms. The van der Waals surface area contributed by atoms with Gasteiger partial charge in [-0.1, -0.05) is 25.1 Å². The number of carbonyl (C=O) groups excluding carboxylic acids is 1. The maximum Gasteiger partial charge on any atom is 0.240 e. The number of hydrogen-bond acceptors (Lipinski definition) is 4. The van der Waals surface area contributed by atoms with E-state index in [0.717, 1.165) is 12.0 Å². The van der Waals surface area contributed by atoms with Crippen molar-refractivity contribution in [1.29, 1.82) is 0 Å². The Morgan fingerprint density at radius 1 is 1.18 bits per heavy atom. The molecule has 2 rings (SSSR count). The van der Waals surface area contributed by atoms with Gasteiger partial charge in [0.2, 0.25) is 10.0 Å². The summed E-state index contributed by atoms with van der Waals surface area (Å²) in [5, 5.41) is 0. The highest BCUT2D eigenvalue weighted by Crippen LogP contribution is 2.13. The lowest BCUT2D eigenvalue weighted by Gasteiger charge is -2.07. The largest absolute Gasteiger partial charge is 0.294 e.